The monoisotopic (exact) mass is 750 g/mol. The number of carbonyl (C=O) groups is 1. The molecule has 53 heavy (non-hydrogen) atoms. The lowest BCUT2D eigenvalue weighted by Crippen LogP contribution is -2.67. The molecule has 6 fully saturated rings. The first-order valence-corrected chi connectivity index (χ1v) is 20.2. The number of hydrogen-bond donors (Lipinski definition) is 7. The van der Waals surface area contributed by atoms with Gasteiger partial charge in [0.15, 0.2) is 12.6 Å². The quantitative estimate of drug-likeness (QED) is 0.155. The first-order valence-electron chi connectivity index (χ1n) is 20.2. The smallest absolute Gasteiger partial charge is 0.310 e. The van der Waals surface area contributed by atoms with E-state index in [1.165, 1.54) is 12.5 Å². The minimum absolute atomic E-state index is 0.0360. The molecule has 12 nitrogen and oxygen atoms in total. The molecule has 0 aromatic rings. The second kappa shape index (κ2) is 13.5. The van der Waals surface area contributed by atoms with Crippen molar-refractivity contribution >= 4 is 5.97 Å². The Morgan fingerprint density at radius 3 is 2.21 bits per heavy atom. The van der Waals surface area contributed by atoms with E-state index in [-0.39, 0.29) is 46.7 Å². The van der Waals surface area contributed by atoms with Crippen LogP contribution in [-0.4, -0.2) is 116 Å². The summed E-state index contributed by atoms with van der Waals surface area (Å²) in [7, 11) is 0. The predicted molar refractivity (Wildman–Crippen MR) is 192 cm³/mol. The molecule has 0 aromatic heterocycles. The fourth-order valence-corrected chi connectivity index (χ4v) is 13.3. The van der Waals surface area contributed by atoms with E-state index >= 15 is 0 Å². The van der Waals surface area contributed by atoms with Crippen LogP contribution in [0.3, 0.4) is 0 Å². The Morgan fingerprint density at radius 2 is 1.53 bits per heavy atom. The van der Waals surface area contributed by atoms with E-state index in [9.17, 15) is 40.5 Å². The maximum Gasteiger partial charge on any atom is 0.310 e. The van der Waals surface area contributed by atoms with Crippen LogP contribution in [0, 0.1) is 50.2 Å². The van der Waals surface area contributed by atoms with E-state index in [1.807, 2.05) is 0 Å². The summed E-state index contributed by atoms with van der Waals surface area (Å²) in [4.78, 5) is 13.0. The number of aliphatic hydroxyl groups excluding tert-OH is 6. The molecule has 0 amide bonds. The summed E-state index contributed by atoms with van der Waals surface area (Å²) in [6, 6.07) is 0. The van der Waals surface area contributed by atoms with Crippen LogP contribution in [0.15, 0.2) is 11.6 Å². The van der Waals surface area contributed by atoms with Crippen molar-refractivity contribution in [2.24, 2.45) is 50.2 Å². The van der Waals surface area contributed by atoms with Gasteiger partial charge in [-0.05, 0) is 111 Å². The minimum Gasteiger partial charge on any atom is -0.481 e. The van der Waals surface area contributed by atoms with Gasteiger partial charge in [0.05, 0.1) is 30.8 Å². The normalized spacial score (nSPS) is 55.1. The SMILES string of the molecule is C[C@@H]1O[C@@H](O[C@H]2[C@H](O[C@H]3CC[C@@]4(C)[C@H](CC[C@]5(C)[C@@H]4CC=C4[C@H]6CC(C)(C)CC[C@]6(C(=O)O)CC[C@]45C)[C@@]3(C)CO)OC[C@H](O)[C@@H]2O)[C@H](O)[C@H](O)[C@H]1O. The van der Waals surface area contributed by atoms with E-state index in [2.05, 4.69) is 47.6 Å². The highest BCUT2D eigenvalue weighted by Gasteiger charge is 2.70. The number of allylic oxidation sites excluding steroid dienone is 2. The third-order valence-corrected chi connectivity index (χ3v) is 17.0. The fraction of sp³-hybridized carbons (Fsp3) is 0.927. The lowest BCUT2D eigenvalue weighted by molar-refractivity contribution is -0.365. The van der Waals surface area contributed by atoms with Crippen molar-refractivity contribution in [1.29, 1.82) is 0 Å². The first-order chi connectivity index (χ1) is 24.7. The summed E-state index contributed by atoms with van der Waals surface area (Å²) >= 11 is 0. The molecule has 4 saturated carbocycles. The molecule has 18 atom stereocenters. The minimum atomic E-state index is -1.62. The summed E-state index contributed by atoms with van der Waals surface area (Å²) in [5, 5.41) is 74.9. The molecule has 12 heteroatoms. The van der Waals surface area contributed by atoms with Gasteiger partial charge >= 0.3 is 5.97 Å². The number of fused-ring (bicyclic) bond motifs is 7. The molecule has 0 bridgehead atoms. The number of carboxylic acids is 1. The Morgan fingerprint density at radius 1 is 0.830 bits per heavy atom. The topological polar surface area (TPSA) is 196 Å². The summed E-state index contributed by atoms with van der Waals surface area (Å²) in [5.74, 6) is -0.194. The summed E-state index contributed by atoms with van der Waals surface area (Å²) in [6.45, 7) is 15.1. The van der Waals surface area contributed by atoms with Gasteiger partial charge in [0.2, 0.25) is 0 Å². The van der Waals surface area contributed by atoms with Gasteiger partial charge in [-0.1, -0.05) is 53.2 Å². The van der Waals surface area contributed by atoms with Crippen LogP contribution in [0.2, 0.25) is 0 Å². The van der Waals surface area contributed by atoms with Crippen LogP contribution in [0.4, 0.5) is 0 Å². The van der Waals surface area contributed by atoms with Crippen LogP contribution in [-0.2, 0) is 23.7 Å². The zero-order valence-electron chi connectivity index (χ0n) is 32.7. The molecule has 7 aliphatic rings. The van der Waals surface area contributed by atoms with Crippen LogP contribution >= 0.6 is 0 Å². The molecule has 7 rings (SSSR count). The predicted octanol–water partition coefficient (Wildman–Crippen LogP) is 3.52. The lowest BCUT2D eigenvalue weighted by atomic mass is 9.33. The van der Waals surface area contributed by atoms with E-state index in [4.69, 9.17) is 18.9 Å². The highest BCUT2D eigenvalue weighted by atomic mass is 16.8. The van der Waals surface area contributed by atoms with Crippen molar-refractivity contribution in [3.8, 4) is 0 Å². The molecular formula is C41H66O12. The van der Waals surface area contributed by atoms with Gasteiger partial charge in [0.1, 0.15) is 36.6 Å². The molecule has 7 N–H and O–H groups in total. The standard InChI is InChI=1S/C41H66O12/c1-21-28(44)30(46)31(47)33(51-21)53-32-29(45)24(43)19-50-34(32)52-27-11-12-37(4)25(38(27,5)20-42)10-13-40(7)26(37)9-8-22-23-18-36(2,3)14-16-41(23,35(48)49)17-15-39(22,40)6/h8,21,23-34,42-47H,9-20H2,1-7H3,(H,48,49)/t21-,23+,24-,25-,26+,27-,28-,29-,30+,31+,32+,33-,34-,37-,38+,39+,40+,41-/m0/s1. The Labute approximate surface area is 314 Å². The highest BCUT2D eigenvalue weighted by Crippen LogP contribution is 2.76. The molecule has 2 aliphatic heterocycles. The Hall–Kier alpha value is -1.19. The van der Waals surface area contributed by atoms with E-state index < -0.39 is 78.2 Å². The third kappa shape index (κ3) is 5.85. The molecular weight excluding hydrogens is 684 g/mol. The molecule has 0 aromatic carbocycles. The summed E-state index contributed by atoms with van der Waals surface area (Å²) in [5.41, 5.74) is -0.239. The van der Waals surface area contributed by atoms with Crippen molar-refractivity contribution in [2.75, 3.05) is 13.2 Å². The molecule has 2 saturated heterocycles. The molecule has 0 radical (unpaired) electrons. The molecule has 0 spiro atoms. The number of carboxylic acid groups (broad SMARTS) is 1. The number of aliphatic hydroxyl groups is 6. The Bertz CT molecular complexity index is 1440. The van der Waals surface area contributed by atoms with E-state index in [0.29, 0.717) is 18.8 Å². The van der Waals surface area contributed by atoms with Crippen LogP contribution < -0.4 is 0 Å². The van der Waals surface area contributed by atoms with Gasteiger partial charge in [-0.2, -0.15) is 0 Å². The van der Waals surface area contributed by atoms with Crippen LogP contribution in [0.5, 0.6) is 0 Å². The molecule has 2 heterocycles. The summed E-state index contributed by atoms with van der Waals surface area (Å²) < 4.78 is 24.3. The van der Waals surface area contributed by atoms with Crippen LogP contribution in [0.25, 0.3) is 0 Å². The van der Waals surface area contributed by atoms with Gasteiger partial charge in [0, 0.05) is 5.41 Å². The highest BCUT2D eigenvalue weighted by molar-refractivity contribution is 5.76. The number of hydrogen-bond acceptors (Lipinski definition) is 11. The maximum absolute atomic E-state index is 13.0. The average molecular weight is 751 g/mol. The van der Waals surface area contributed by atoms with Crippen molar-refractivity contribution in [1.82, 2.24) is 0 Å². The maximum atomic E-state index is 13.0. The zero-order chi connectivity index (χ0) is 38.7. The first kappa shape index (κ1) is 40.0. The number of rotatable bonds is 6. The second-order valence-electron chi connectivity index (χ2n) is 20.0. The average Bonchev–Trinajstić information content (AvgIpc) is 3.10. The molecule has 302 valence electrons. The van der Waals surface area contributed by atoms with Gasteiger partial charge in [-0.3, -0.25) is 4.79 Å². The van der Waals surface area contributed by atoms with Gasteiger partial charge < -0.3 is 54.7 Å². The largest absolute Gasteiger partial charge is 0.481 e. The van der Waals surface area contributed by atoms with Crippen molar-refractivity contribution in [3.63, 3.8) is 0 Å². The molecule has 0 unspecified atom stereocenters. The second-order valence-corrected chi connectivity index (χ2v) is 20.0. The number of ether oxygens (including phenoxy) is 4. The van der Waals surface area contributed by atoms with Crippen molar-refractivity contribution in [3.05, 3.63) is 11.6 Å². The lowest BCUT2D eigenvalue weighted by Gasteiger charge is -2.71. The van der Waals surface area contributed by atoms with E-state index in [1.54, 1.807) is 0 Å². The van der Waals surface area contributed by atoms with E-state index in [0.717, 1.165) is 51.4 Å². The van der Waals surface area contributed by atoms with Gasteiger partial charge in [-0.25, -0.2) is 0 Å². The van der Waals surface area contributed by atoms with Gasteiger partial charge in [0.25, 0.3) is 0 Å². The fourth-order valence-electron chi connectivity index (χ4n) is 13.3. The zero-order valence-corrected chi connectivity index (χ0v) is 32.7. The van der Waals surface area contributed by atoms with Crippen molar-refractivity contribution < 1.29 is 59.5 Å². The van der Waals surface area contributed by atoms with Gasteiger partial charge in [-0.15, -0.1) is 0 Å². The number of aliphatic carboxylic acids is 1. The van der Waals surface area contributed by atoms with Crippen LogP contribution in [0.1, 0.15) is 113 Å². The Balaban J connectivity index is 1.15. The molecule has 5 aliphatic carbocycles. The Kier molecular flexibility index (Phi) is 10.2. The summed E-state index contributed by atoms with van der Waals surface area (Å²) in [6.07, 6.45) is -1.79. The van der Waals surface area contributed by atoms with Crippen molar-refractivity contribution in [2.45, 2.75) is 174 Å². The third-order valence-electron chi connectivity index (χ3n) is 17.0.